The second kappa shape index (κ2) is 12.0. The van der Waals surface area contributed by atoms with Gasteiger partial charge in [-0.25, -0.2) is 4.79 Å². The van der Waals surface area contributed by atoms with Gasteiger partial charge in [-0.3, -0.25) is 4.79 Å². The average molecular weight is 513 g/mol. The Labute approximate surface area is 214 Å². The number of nitrogens with zero attached hydrogens (tertiary/aromatic N) is 2. The van der Waals surface area contributed by atoms with Crippen molar-refractivity contribution in [1.29, 1.82) is 0 Å². The van der Waals surface area contributed by atoms with Gasteiger partial charge in [0.25, 0.3) is 0 Å². The van der Waals surface area contributed by atoms with Crippen LogP contribution in [0.15, 0.2) is 72.3 Å². The van der Waals surface area contributed by atoms with E-state index in [1.807, 2.05) is 24.3 Å². The largest absolute Gasteiger partial charge is 0.418 e. The zero-order valence-corrected chi connectivity index (χ0v) is 20.6. The van der Waals surface area contributed by atoms with Crippen molar-refractivity contribution in [3.05, 3.63) is 77.9 Å². The molecule has 1 heterocycles. The number of carbonyl (C=O) groups excluding carboxylic acids is 2. The molecule has 2 N–H and O–H groups in total. The van der Waals surface area contributed by atoms with Gasteiger partial charge in [0.2, 0.25) is 5.91 Å². The normalized spacial score (nSPS) is 15.8. The number of hydrogen-bond acceptors (Lipinski definition) is 3. The third-order valence-electron chi connectivity index (χ3n) is 6.50. The summed E-state index contributed by atoms with van der Waals surface area (Å²) < 4.78 is 39.6. The molecule has 0 atom stereocenters. The Morgan fingerprint density at radius 3 is 2.30 bits per heavy atom. The van der Waals surface area contributed by atoms with Crippen LogP contribution in [0, 0.1) is 0 Å². The van der Waals surface area contributed by atoms with Crippen molar-refractivity contribution in [3.8, 4) is 0 Å². The summed E-state index contributed by atoms with van der Waals surface area (Å²) in [6, 6.07) is 12.0. The van der Waals surface area contributed by atoms with Crippen LogP contribution < -0.4 is 15.5 Å². The van der Waals surface area contributed by atoms with Crippen LogP contribution in [0.2, 0.25) is 0 Å². The molecule has 196 valence electrons. The standard InChI is InChI=1S/C28H31F3N4O2/c29-28(30,31)24-10-4-5-11-25(24)33-27(37)35-19-17-34(18-20-35)23-15-13-22(14-16-23)32-26(36)12-6-9-21-7-2-1-3-8-21/h2,4-5,7-8,10-11,13-16H,1,3,6,9,12,17-20H2,(H,32,36)(H,33,37). The number of para-hydroxylation sites is 1. The third-order valence-corrected chi connectivity index (χ3v) is 6.50. The Bertz CT molecular complexity index is 1150. The maximum absolute atomic E-state index is 13.2. The Hall–Kier alpha value is -3.75. The molecule has 1 aliphatic carbocycles. The van der Waals surface area contributed by atoms with E-state index in [0.29, 0.717) is 32.6 Å². The molecule has 1 aliphatic heterocycles. The van der Waals surface area contributed by atoms with E-state index in [-0.39, 0.29) is 11.6 Å². The first kappa shape index (κ1) is 26.3. The molecule has 4 rings (SSSR count). The average Bonchev–Trinajstić information content (AvgIpc) is 2.89. The summed E-state index contributed by atoms with van der Waals surface area (Å²) in [6.45, 7) is 1.85. The Morgan fingerprint density at radius 1 is 0.892 bits per heavy atom. The van der Waals surface area contributed by atoms with Gasteiger partial charge in [0.1, 0.15) is 0 Å². The fourth-order valence-electron chi connectivity index (χ4n) is 4.49. The molecule has 0 radical (unpaired) electrons. The number of rotatable bonds is 7. The first-order chi connectivity index (χ1) is 17.8. The molecule has 2 aromatic carbocycles. The van der Waals surface area contributed by atoms with Gasteiger partial charge in [0.05, 0.1) is 11.3 Å². The van der Waals surface area contributed by atoms with Gasteiger partial charge in [-0.05, 0) is 62.1 Å². The molecule has 0 spiro atoms. The summed E-state index contributed by atoms with van der Waals surface area (Å²) >= 11 is 0. The monoisotopic (exact) mass is 512 g/mol. The second-order valence-corrected chi connectivity index (χ2v) is 9.15. The number of alkyl halides is 3. The van der Waals surface area contributed by atoms with E-state index >= 15 is 0 Å². The Kier molecular flexibility index (Phi) is 8.53. The fraction of sp³-hybridized carbons (Fsp3) is 0.357. The molecule has 2 aromatic rings. The van der Waals surface area contributed by atoms with Crippen molar-refractivity contribution in [2.75, 3.05) is 41.7 Å². The van der Waals surface area contributed by atoms with Gasteiger partial charge >= 0.3 is 12.2 Å². The Morgan fingerprint density at radius 2 is 1.62 bits per heavy atom. The SMILES string of the molecule is O=C(CCCC1=CCCC=C1)Nc1ccc(N2CCN(C(=O)Nc3ccccc3C(F)(F)F)CC2)cc1. The molecule has 1 saturated heterocycles. The van der Waals surface area contributed by atoms with Crippen molar-refractivity contribution in [2.45, 2.75) is 38.3 Å². The van der Waals surface area contributed by atoms with E-state index in [1.165, 1.54) is 28.7 Å². The van der Waals surface area contributed by atoms with Crippen LogP contribution in [0.3, 0.4) is 0 Å². The van der Waals surface area contributed by atoms with Crippen LogP contribution in [-0.4, -0.2) is 43.0 Å². The highest BCUT2D eigenvalue weighted by Crippen LogP contribution is 2.34. The summed E-state index contributed by atoms with van der Waals surface area (Å²) in [6.07, 6.45) is 6.33. The predicted octanol–water partition coefficient (Wildman–Crippen LogP) is 6.44. The quantitative estimate of drug-likeness (QED) is 0.449. The van der Waals surface area contributed by atoms with E-state index in [1.54, 1.807) is 0 Å². The molecular formula is C28H31F3N4O2. The number of halogens is 3. The molecule has 2 aliphatic rings. The van der Waals surface area contributed by atoms with Gasteiger partial charge in [0, 0.05) is 44.0 Å². The summed E-state index contributed by atoms with van der Waals surface area (Å²) in [7, 11) is 0. The smallest absolute Gasteiger partial charge is 0.368 e. The molecule has 6 nitrogen and oxygen atoms in total. The van der Waals surface area contributed by atoms with Crippen molar-refractivity contribution in [2.24, 2.45) is 0 Å². The van der Waals surface area contributed by atoms with Gasteiger partial charge in [-0.15, -0.1) is 0 Å². The third kappa shape index (κ3) is 7.38. The Balaban J connectivity index is 1.22. The number of piperazine rings is 1. The number of benzene rings is 2. The summed E-state index contributed by atoms with van der Waals surface area (Å²) in [4.78, 5) is 28.5. The molecule has 3 amide bonds. The van der Waals surface area contributed by atoms with Gasteiger partial charge in [-0.2, -0.15) is 13.2 Å². The van der Waals surface area contributed by atoms with Crippen LogP contribution in [0.25, 0.3) is 0 Å². The number of amides is 3. The zero-order valence-electron chi connectivity index (χ0n) is 20.6. The predicted molar refractivity (Wildman–Crippen MR) is 140 cm³/mol. The number of hydrogen-bond donors (Lipinski definition) is 2. The lowest BCUT2D eigenvalue weighted by atomic mass is 10.0. The minimum Gasteiger partial charge on any atom is -0.368 e. The highest BCUT2D eigenvalue weighted by molar-refractivity contribution is 5.91. The minimum absolute atomic E-state index is 0.0140. The zero-order chi connectivity index (χ0) is 26.3. The lowest BCUT2D eigenvalue weighted by molar-refractivity contribution is -0.136. The van der Waals surface area contributed by atoms with Crippen LogP contribution >= 0.6 is 0 Å². The minimum atomic E-state index is -4.54. The van der Waals surface area contributed by atoms with E-state index in [0.717, 1.165) is 43.1 Å². The van der Waals surface area contributed by atoms with E-state index in [2.05, 4.69) is 33.8 Å². The first-order valence-corrected chi connectivity index (χ1v) is 12.5. The molecule has 0 bridgehead atoms. The molecule has 0 unspecified atom stereocenters. The highest BCUT2D eigenvalue weighted by Gasteiger charge is 2.34. The van der Waals surface area contributed by atoms with E-state index in [4.69, 9.17) is 0 Å². The number of carbonyl (C=O) groups is 2. The van der Waals surface area contributed by atoms with Crippen molar-refractivity contribution < 1.29 is 22.8 Å². The molecule has 37 heavy (non-hydrogen) atoms. The van der Waals surface area contributed by atoms with Gasteiger partial charge < -0.3 is 20.4 Å². The molecule has 0 aromatic heterocycles. The maximum Gasteiger partial charge on any atom is 0.418 e. The van der Waals surface area contributed by atoms with E-state index in [9.17, 15) is 22.8 Å². The number of nitrogens with one attached hydrogen (secondary N) is 2. The summed E-state index contributed by atoms with van der Waals surface area (Å²) in [5.41, 5.74) is 1.87. The lowest BCUT2D eigenvalue weighted by Gasteiger charge is -2.36. The second-order valence-electron chi connectivity index (χ2n) is 9.15. The van der Waals surface area contributed by atoms with Crippen LogP contribution in [-0.2, 0) is 11.0 Å². The summed E-state index contributed by atoms with van der Waals surface area (Å²) in [5.74, 6) is -0.0140. The van der Waals surface area contributed by atoms with Crippen LogP contribution in [0.5, 0.6) is 0 Å². The van der Waals surface area contributed by atoms with Crippen molar-refractivity contribution >= 4 is 29.0 Å². The van der Waals surface area contributed by atoms with E-state index < -0.39 is 17.8 Å². The van der Waals surface area contributed by atoms with Crippen molar-refractivity contribution in [1.82, 2.24) is 4.90 Å². The van der Waals surface area contributed by atoms with Crippen molar-refractivity contribution in [3.63, 3.8) is 0 Å². The fourth-order valence-corrected chi connectivity index (χ4v) is 4.49. The van der Waals surface area contributed by atoms with Crippen LogP contribution in [0.1, 0.15) is 37.7 Å². The molecular weight excluding hydrogens is 481 g/mol. The number of urea groups is 1. The van der Waals surface area contributed by atoms with Gasteiger partial charge in [-0.1, -0.05) is 35.9 Å². The van der Waals surface area contributed by atoms with Crippen LogP contribution in [0.4, 0.5) is 35.0 Å². The highest BCUT2D eigenvalue weighted by atomic mass is 19.4. The lowest BCUT2D eigenvalue weighted by Crippen LogP contribution is -2.50. The molecule has 1 fully saturated rings. The summed E-state index contributed by atoms with van der Waals surface area (Å²) in [5, 5.41) is 5.34. The number of anilines is 3. The molecule has 9 heteroatoms. The number of allylic oxidation sites excluding steroid dienone is 4. The maximum atomic E-state index is 13.2. The topological polar surface area (TPSA) is 64.7 Å². The first-order valence-electron chi connectivity index (χ1n) is 12.5. The van der Waals surface area contributed by atoms with Gasteiger partial charge in [0.15, 0.2) is 0 Å². The molecule has 0 saturated carbocycles.